The third-order valence-electron chi connectivity index (χ3n) is 3.77. The molecule has 0 amide bonds. The van der Waals surface area contributed by atoms with Gasteiger partial charge in [-0.05, 0) is 23.0 Å². The number of nitrogens with two attached hydrogens (primary N) is 1. The lowest BCUT2D eigenvalue weighted by molar-refractivity contribution is -0.132. The summed E-state index contributed by atoms with van der Waals surface area (Å²) in [6.45, 7) is 14.1. The van der Waals surface area contributed by atoms with Crippen molar-refractivity contribution in [3.63, 3.8) is 0 Å². The van der Waals surface area contributed by atoms with E-state index in [1.54, 1.807) is 0 Å². The molecule has 0 saturated heterocycles. The highest BCUT2D eigenvalue weighted by Crippen LogP contribution is 2.43. The number of hydrogen-bond acceptors (Lipinski definition) is 5. The van der Waals surface area contributed by atoms with Crippen LogP contribution in [-0.2, 0) is 15.6 Å². The van der Waals surface area contributed by atoms with Crippen molar-refractivity contribution in [1.82, 2.24) is 4.98 Å². The van der Waals surface area contributed by atoms with Gasteiger partial charge in [-0.2, -0.15) is 0 Å². The standard InChI is InChI=1S/C19H26N2O2S/c1-11(22)23-16-13(18(2,3)4)8-12(9-14(16)19(5,6)7)15-10-24-17(20)21-15/h8-10H,1-7H3,(H2,20,21). The van der Waals surface area contributed by atoms with E-state index in [-0.39, 0.29) is 16.8 Å². The largest absolute Gasteiger partial charge is 0.426 e. The van der Waals surface area contributed by atoms with Gasteiger partial charge in [0, 0.05) is 29.0 Å². The average Bonchev–Trinajstić information content (AvgIpc) is 2.82. The molecule has 2 rings (SSSR count). The molecule has 0 atom stereocenters. The topological polar surface area (TPSA) is 65.2 Å². The third-order valence-corrected chi connectivity index (χ3v) is 4.44. The molecule has 0 aliphatic rings. The molecule has 0 aliphatic heterocycles. The Bertz CT molecular complexity index is 729. The first-order valence-corrected chi connectivity index (χ1v) is 8.86. The molecular formula is C19H26N2O2S. The summed E-state index contributed by atoms with van der Waals surface area (Å²) in [6, 6.07) is 4.12. The lowest BCUT2D eigenvalue weighted by Gasteiger charge is -2.29. The Hall–Kier alpha value is -1.88. The summed E-state index contributed by atoms with van der Waals surface area (Å²) in [7, 11) is 0. The van der Waals surface area contributed by atoms with Crippen molar-refractivity contribution >= 4 is 22.4 Å². The van der Waals surface area contributed by atoms with Gasteiger partial charge in [0.25, 0.3) is 0 Å². The molecule has 0 radical (unpaired) electrons. The molecule has 4 nitrogen and oxygen atoms in total. The van der Waals surface area contributed by atoms with Crippen LogP contribution in [0.4, 0.5) is 5.13 Å². The molecule has 0 fully saturated rings. The second-order valence-electron chi connectivity index (χ2n) is 8.07. The Morgan fingerprint density at radius 2 is 1.58 bits per heavy atom. The van der Waals surface area contributed by atoms with Gasteiger partial charge in [-0.1, -0.05) is 41.5 Å². The molecule has 2 N–H and O–H groups in total. The van der Waals surface area contributed by atoms with Crippen LogP contribution in [-0.4, -0.2) is 11.0 Å². The number of esters is 1. The van der Waals surface area contributed by atoms with Crippen LogP contribution < -0.4 is 10.5 Å². The fraction of sp³-hybridized carbons (Fsp3) is 0.474. The minimum Gasteiger partial charge on any atom is -0.426 e. The van der Waals surface area contributed by atoms with Gasteiger partial charge in [0.05, 0.1) is 5.69 Å². The first-order valence-electron chi connectivity index (χ1n) is 7.98. The van der Waals surface area contributed by atoms with Gasteiger partial charge in [-0.25, -0.2) is 4.98 Å². The number of carbonyl (C=O) groups is 1. The van der Waals surface area contributed by atoms with Crippen molar-refractivity contribution in [2.45, 2.75) is 59.3 Å². The van der Waals surface area contributed by atoms with Crippen molar-refractivity contribution in [3.05, 3.63) is 28.6 Å². The van der Waals surface area contributed by atoms with Gasteiger partial charge in [-0.15, -0.1) is 11.3 Å². The van der Waals surface area contributed by atoms with Gasteiger partial charge in [0.15, 0.2) is 5.13 Å². The van der Waals surface area contributed by atoms with E-state index in [1.165, 1.54) is 18.3 Å². The second kappa shape index (κ2) is 6.20. The van der Waals surface area contributed by atoms with Crippen LogP contribution in [0.15, 0.2) is 17.5 Å². The van der Waals surface area contributed by atoms with Crippen molar-refractivity contribution in [1.29, 1.82) is 0 Å². The summed E-state index contributed by atoms with van der Waals surface area (Å²) in [6.07, 6.45) is 0. The highest BCUT2D eigenvalue weighted by atomic mass is 32.1. The van der Waals surface area contributed by atoms with E-state index in [2.05, 4.69) is 58.7 Å². The van der Waals surface area contributed by atoms with Gasteiger partial charge < -0.3 is 10.5 Å². The zero-order valence-electron chi connectivity index (χ0n) is 15.5. The summed E-state index contributed by atoms with van der Waals surface area (Å²) in [5.74, 6) is 0.353. The van der Waals surface area contributed by atoms with Crippen LogP contribution in [0.25, 0.3) is 11.3 Å². The molecule has 130 valence electrons. The fourth-order valence-corrected chi connectivity index (χ4v) is 3.14. The minimum absolute atomic E-state index is 0.178. The number of ether oxygens (including phenoxy) is 1. The second-order valence-corrected chi connectivity index (χ2v) is 8.95. The molecule has 2 aromatic rings. The van der Waals surface area contributed by atoms with Crippen molar-refractivity contribution in [2.24, 2.45) is 0 Å². The van der Waals surface area contributed by atoms with E-state index in [1.807, 2.05) is 5.38 Å². The Balaban J connectivity index is 2.81. The molecule has 0 spiro atoms. The summed E-state index contributed by atoms with van der Waals surface area (Å²) >= 11 is 1.42. The van der Waals surface area contributed by atoms with Crippen molar-refractivity contribution in [3.8, 4) is 17.0 Å². The maximum Gasteiger partial charge on any atom is 0.308 e. The zero-order valence-corrected chi connectivity index (χ0v) is 16.3. The van der Waals surface area contributed by atoms with E-state index in [4.69, 9.17) is 10.5 Å². The van der Waals surface area contributed by atoms with Crippen LogP contribution in [0.5, 0.6) is 5.75 Å². The molecule has 0 aliphatic carbocycles. The lowest BCUT2D eigenvalue weighted by Crippen LogP contribution is -2.21. The maximum atomic E-state index is 11.7. The van der Waals surface area contributed by atoms with Crippen LogP contribution >= 0.6 is 11.3 Å². The summed E-state index contributed by atoms with van der Waals surface area (Å²) in [5.41, 5.74) is 9.27. The van der Waals surface area contributed by atoms with Gasteiger partial charge >= 0.3 is 5.97 Å². The molecule has 24 heavy (non-hydrogen) atoms. The van der Waals surface area contributed by atoms with Crippen LogP contribution in [0.1, 0.15) is 59.6 Å². The number of carbonyl (C=O) groups excluding carboxylic acids is 1. The first-order chi connectivity index (χ1) is 10.9. The molecular weight excluding hydrogens is 320 g/mol. The number of hydrogen-bond donors (Lipinski definition) is 1. The van der Waals surface area contributed by atoms with Gasteiger partial charge in [0.2, 0.25) is 0 Å². The zero-order chi connectivity index (χ0) is 18.3. The van der Waals surface area contributed by atoms with Gasteiger partial charge in [-0.3, -0.25) is 4.79 Å². The van der Waals surface area contributed by atoms with E-state index < -0.39 is 0 Å². The smallest absolute Gasteiger partial charge is 0.308 e. The SMILES string of the molecule is CC(=O)Oc1c(C(C)(C)C)cc(-c2csc(N)n2)cc1C(C)(C)C. The van der Waals surface area contributed by atoms with E-state index >= 15 is 0 Å². The molecule has 5 heteroatoms. The van der Waals surface area contributed by atoms with E-state index in [9.17, 15) is 4.79 Å². The molecule has 1 heterocycles. The van der Waals surface area contributed by atoms with Crippen LogP contribution in [0.2, 0.25) is 0 Å². The number of benzene rings is 1. The lowest BCUT2D eigenvalue weighted by atomic mass is 9.78. The number of thiazole rings is 1. The van der Waals surface area contributed by atoms with Crippen molar-refractivity contribution < 1.29 is 9.53 Å². The summed E-state index contributed by atoms with van der Waals surface area (Å²) < 4.78 is 5.64. The molecule has 0 bridgehead atoms. The van der Waals surface area contributed by atoms with Crippen LogP contribution in [0.3, 0.4) is 0 Å². The number of nitrogen functional groups attached to an aromatic ring is 1. The third kappa shape index (κ3) is 3.96. The monoisotopic (exact) mass is 346 g/mol. The normalized spacial score (nSPS) is 12.3. The molecule has 0 saturated carbocycles. The quantitative estimate of drug-likeness (QED) is 0.619. The van der Waals surface area contributed by atoms with Gasteiger partial charge in [0.1, 0.15) is 5.75 Å². The summed E-state index contributed by atoms with van der Waals surface area (Å²) in [5, 5.41) is 2.50. The van der Waals surface area contributed by atoms with Crippen molar-refractivity contribution in [2.75, 3.05) is 5.73 Å². The Kier molecular flexibility index (Phi) is 4.77. The minimum atomic E-state index is -0.309. The van der Waals surface area contributed by atoms with E-state index in [0.29, 0.717) is 10.9 Å². The van der Waals surface area contributed by atoms with Crippen LogP contribution in [0, 0.1) is 0 Å². The number of aromatic nitrogens is 1. The Morgan fingerprint density at radius 1 is 1.08 bits per heavy atom. The molecule has 1 aromatic heterocycles. The average molecular weight is 346 g/mol. The fourth-order valence-electron chi connectivity index (χ4n) is 2.56. The number of rotatable bonds is 2. The number of anilines is 1. The first kappa shape index (κ1) is 18.5. The predicted octanol–water partition coefficient (Wildman–Crippen LogP) is 4.91. The van der Waals surface area contributed by atoms with E-state index in [0.717, 1.165) is 22.4 Å². The molecule has 0 unspecified atom stereocenters. The Morgan fingerprint density at radius 3 is 1.92 bits per heavy atom. The predicted molar refractivity (Wildman–Crippen MR) is 101 cm³/mol. The summed E-state index contributed by atoms with van der Waals surface area (Å²) in [4.78, 5) is 16.1. The maximum absolute atomic E-state index is 11.7. The molecule has 1 aromatic carbocycles. The highest BCUT2D eigenvalue weighted by molar-refractivity contribution is 7.13. The highest BCUT2D eigenvalue weighted by Gasteiger charge is 2.29. The Labute approximate surface area is 148 Å². The number of nitrogens with zero attached hydrogens (tertiary/aromatic N) is 1.